The van der Waals surface area contributed by atoms with Gasteiger partial charge in [0.1, 0.15) is 5.78 Å². The fraction of sp³-hybridized carbons (Fsp3) is 0.867. The summed E-state index contributed by atoms with van der Waals surface area (Å²) in [5.74, 6) is 1.23. The maximum absolute atomic E-state index is 12.2. The Kier molecular flexibility index (Phi) is 6.97. The van der Waals surface area contributed by atoms with E-state index >= 15 is 0 Å². The molecule has 0 aromatic heterocycles. The lowest BCUT2D eigenvalue weighted by Gasteiger charge is -2.26. The van der Waals surface area contributed by atoms with Crippen LogP contribution >= 0.6 is 0 Å². The van der Waals surface area contributed by atoms with Crippen molar-refractivity contribution >= 4 is 5.78 Å². The summed E-state index contributed by atoms with van der Waals surface area (Å²) >= 11 is 0. The van der Waals surface area contributed by atoms with E-state index in [1.807, 2.05) is 0 Å². The molecule has 0 amide bonds. The lowest BCUT2D eigenvalue weighted by molar-refractivity contribution is -0.125. The van der Waals surface area contributed by atoms with E-state index in [2.05, 4.69) is 24.8 Å². The molecule has 0 bridgehead atoms. The largest absolute Gasteiger partial charge is 0.298 e. The first-order chi connectivity index (χ1) is 8.63. The molecule has 0 unspecified atom stereocenters. The Labute approximate surface area is 111 Å². The van der Waals surface area contributed by atoms with E-state index < -0.39 is 0 Å². The van der Waals surface area contributed by atoms with Crippen molar-refractivity contribution in [1.29, 1.82) is 5.26 Å². The van der Waals surface area contributed by atoms with Crippen molar-refractivity contribution in [3.05, 3.63) is 0 Å². The number of carbonyl (C=O) groups excluding carboxylic acids is 1. The number of carbonyl (C=O) groups is 1. The zero-order valence-corrected chi connectivity index (χ0v) is 11.8. The van der Waals surface area contributed by atoms with Crippen LogP contribution in [0.5, 0.6) is 0 Å². The van der Waals surface area contributed by atoms with Gasteiger partial charge in [0.05, 0.1) is 12.6 Å². The minimum absolute atomic E-state index is 0.287. The van der Waals surface area contributed by atoms with Gasteiger partial charge in [-0.05, 0) is 18.8 Å². The van der Waals surface area contributed by atoms with E-state index in [4.69, 9.17) is 5.26 Å². The number of hydrogen-bond donors (Lipinski definition) is 0. The third-order valence-corrected chi connectivity index (χ3v) is 3.60. The number of Topliss-reactive ketones (excluding diaryl/α,β-unsaturated/α-hetero) is 1. The van der Waals surface area contributed by atoms with Crippen molar-refractivity contribution in [3.8, 4) is 6.07 Å². The highest BCUT2D eigenvalue weighted by Crippen LogP contribution is 2.24. The van der Waals surface area contributed by atoms with Crippen molar-refractivity contribution in [1.82, 2.24) is 4.90 Å². The second-order valence-electron chi connectivity index (χ2n) is 5.84. The monoisotopic (exact) mass is 250 g/mol. The average Bonchev–Trinajstić information content (AvgIpc) is 2.36. The molecule has 0 aromatic carbocycles. The summed E-state index contributed by atoms with van der Waals surface area (Å²) in [6.45, 7) is 6.51. The van der Waals surface area contributed by atoms with Gasteiger partial charge in [0, 0.05) is 25.4 Å². The highest BCUT2D eigenvalue weighted by Gasteiger charge is 2.22. The molecule has 1 aliphatic carbocycles. The molecule has 0 spiro atoms. The van der Waals surface area contributed by atoms with E-state index in [9.17, 15) is 4.79 Å². The predicted molar refractivity (Wildman–Crippen MR) is 73.1 cm³/mol. The molecule has 0 saturated heterocycles. The summed E-state index contributed by atoms with van der Waals surface area (Å²) in [6.07, 6.45) is 6.37. The van der Waals surface area contributed by atoms with Gasteiger partial charge < -0.3 is 0 Å². The lowest BCUT2D eigenvalue weighted by Crippen LogP contribution is -2.36. The predicted octanol–water partition coefficient (Wildman–Crippen LogP) is 3.01. The van der Waals surface area contributed by atoms with Crippen molar-refractivity contribution in [2.75, 3.05) is 19.6 Å². The van der Waals surface area contributed by atoms with Crippen molar-refractivity contribution < 1.29 is 4.79 Å². The first kappa shape index (κ1) is 15.2. The van der Waals surface area contributed by atoms with Gasteiger partial charge in [-0.2, -0.15) is 5.26 Å². The average molecular weight is 250 g/mol. The number of ketones is 1. The van der Waals surface area contributed by atoms with Crippen LogP contribution in [0.3, 0.4) is 0 Å². The minimum atomic E-state index is 0.287. The number of rotatable bonds is 7. The third-order valence-electron chi connectivity index (χ3n) is 3.60. The molecule has 1 rings (SSSR count). The van der Waals surface area contributed by atoms with Crippen LogP contribution in [0.4, 0.5) is 0 Å². The number of nitriles is 1. The maximum atomic E-state index is 12.2. The second-order valence-corrected chi connectivity index (χ2v) is 5.84. The van der Waals surface area contributed by atoms with Crippen LogP contribution < -0.4 is 0 Å². The summed E-state index contributed by atoms with van der Waals surface area (Å²) in [7, 11) is 0. The van der Waals surface area contributed by atoms with Gasteiger partial charge in [-0.25, -0.2) is 0 Å². The highest BCUT2D eigenvalue weighted by atomic mass is 16.1. The Morgan fingerprint density at radius 1 is 1.33 bits per heavy atom. The van der Waals surface area contributed by atoms with E-state index in [1.54, 1.807) is 0 Å². The molecular weight excluding hydrogens is 224 g/mol. The van der Waals surface area contributed by atoms with E-state index in [0.717, 1.165) is 25.9 Å². The Morgan fingerprint density at radius 3 is 2.56 bits per heavy atom. The van der Waals surface area contributed by atoms with Crippen molar-refractivity contribution in [3.63, 3.8) is 0 Å². The van der Waals surface area contributed by atoms with Gasteiger partial charge in [0.15, 0.2) is 0 Å². The highest BCUT2D eigenvalue weighted by molar-refractivity contribution is 5.83. The Hall–Kier alpha value is -0.880. The first-order valence-corrected chi connectivity index (χ1v) is 7.25. The van der Waals surface area contributed by atoms with Crippen molar-refractivity contribution in [2.24, 2.45) is 11.8 Å². The Balaban J connectivity index is 2.42. The zero-order chi connectivity index (χ0) is 13.4. The lowest BCUT2D eigenvalue weighted by atomic mass is 9.86. The smallest absolute Gasteiger partial charge is 0.149 e. The summed E-state index contributed by atoms with van der Waals surface area (Å²) in [4.78, 5) is 14.4. The van der Waals surface area contributed by atoms with Crippen LogP contribution in [-0.2, 0) is 4.79 Å². The van der Waals surface area contributed by atoms with Gasteiger partial charge in [-0.15, -0.1) is 0 Å². The zero-order valence-electron chi connectivity index (χ0n) is 11.8. The minimum Gasteiger partial charge on any atom is -0.298 e. The molecule has 0 radical (unpaired) electrons. The molecule has 3 heteroatoms. The summed E-state index contributed by atoms with van der Waals surface area (Å²) in [5, 5.41) is 8.67. The van der Waals surface area contributed by atoms with Crippen LogP contribution in [-0.4, -0.2) is 30.3 Å². The molecule has 0 aliphatic heterocycles. The molecule has 18 heavy (non-hydrogen) atoms. The Morgan fingerprint density at radius 2 is 2.00 bits per heavy atom. The first-order valence-electron chi connectivity index (χ1n) is 7.25. The van der Waals surface area contributed by atoms with Crippen LogP contribution in [0.2, 0.25) is 0 Å². The quantitative estimate of drug-likeness (QED) is 0.697. The molecule has 102 valence electrons. The van der Waals surface area contributed by atoms with Crippen LogP contribution in [0.1, 0.15) is 52.4 Å². The normalized spacial score (nSPS) is 17.1. The van der Waals surface area contributed by atoms with Gasteiger partial charge in [0.25, 0.3) is 0 Å². The summed E-state index contributed by atoms with van der Waals surface area (Å²) < 4.78 is 0. The molecule has 1 aliphatic rings. The number of hydrogen-bond acceptors (Lipinski definition) is 3. The molecule has 1 fully saturated rings. The van der Waals surface area contributed by atoms with E-state index in [-0.39, 0.29) is 5.92 Å². The van der Waals surface area contributed by atoms with Crippen LogP contribution in [0.15, 0.2) is 0 Å². The fourth-order valence-corrected chi connectivity index (χ4v) is 2.73. The van der Waals surface area contributed by atoms with Crippen molar-refractivity contribution in [2.45, 2.75) is 52.4 Å². The molecular formula is C15H26N2O. The van der Waals surface area contributed by atoms with Gasteiger partial charge in [-0.1, -0.05) is 33.1 Å². The molecule has 1 saturated carbocycles. The van der Waals surface area contributed by atoms with E-state index in [0.29, 0.717) is 24.7 Å². The molecule has 0 heterocycles. The molecule has 3 nitrogen and oxygen atoms in total. The SMILES string of the molecule is CC(C)CN(CCC#N)CC(=O)C1CCCCC1. The molecule has 0 aromatic rings. The van der Waals surface area contributed by atoms with E-state index in [1.165, 1.54) is 19.3 Å². The number of nitrogens with zero attached hydrogens (tertiary/aromatic N) is 2. The summed E-state index contributed by atoms with van der Waals surface area (Å²) in [6, 6.07) is 2.17. The van der Waals surface area contributed by atoms with Gasteiger partial charge >= 0.3 is 0 Å². The third kappa shape index (κ3) is 5.64. The molecule has 0 atom stereocenters. The van der Waals surface area contributed by atoms with Gasteiger partial charge in [0.2, 0.25) is 0 Å². The standard InChI is InChI=1S/C15H26N2O/c1-13(2)11-17(10-6-9-16)12-15(18)14-7-4-3-5-8-14/h13-14H,3-8,10-12H2,1-2H3. The van der Waals surface area contributed by atoms with Crippen LogP contribution in [0.25, 0.3) is 0 Å². The summed E-state index contributed by atoms with van der Waals surface area (Å²) in [5.41, 5.74) is 0. The molecule has 0 N–H and O–H groups in total. The second kappa shape index (κ2) is 8.26. The Bertz CT molecular complexity index is 287. The van der Waals surface area contributed by atoms with Crippen LogP contribution in [0, 0.1) is 23.2 Å². The fourth-order valence-electron chi connectivity index (χ4n) is 2.73. The topological polar surface area (TPSA) is 44.1 Å². The van der Waals surface area contributed by atoms with Gasteiger partial charge in [-0.3, -0.25) is 9.69 Å². The maximum Gasteiger partial charge on any atom is 0.149 e.